The van der Waals surface area contributed by atoms with Crippen molar-refractivity contribution in [1.29, 1.82) is 0 Å². The van der Waals surface area contributed by atoms with Crippen molar-refractivity contribution in [3.63, 3.8) is 0 Å². The highest BCUT2D eigenvalue weighted by molar-refractivity contribution is 6.03. The average molecular weight is 327 g/mol. The van der Waals surface area contributed by atoms with E-state index in [4.69, 9.17) is 14.3 Å². The van der Waals surface area contributed by atoms with Crippen molar-refractivity contribution >= 4 is 5.71 Å². The Balaban J connectivity index is 1.34. The summed E-state index contributed by atoms with van der Waals surface area (Å²) in [6, 6.07) is 14.6. The Bertz CT molecular complexity index is 742. The van der Waals surface area contributed by atoms with Gasteiger partial charge in [-0.25, -0.2) is 4.39 Å². The molecule has 2 aromatic carbocycles. The van der Waals surface area contributed by atoms with Crippen LogP contribution in [0, 0.1) is 5.82 Å². The number of fused-ring (bicyclic) bond motifs is 1. The first-order valence-corrected chi connectivity index (χ1v) is 8.15. The molecule has 4 nitrogen and oxygen atoms in total. The smallest absolute Gasteiger partial charge is 0.165 e. The van der Waals surface area contributed by atoms with Gasteiger partial charge in [0.25, 0.3) is 0 Å². The molecular weight excluding hydrogens is 309 g/mol. The lowest BCUT2D eigenvalue weighted by atomic mass is 9.92. The summed E-state index contributed by atoms with van der Waals surface area (Å²) in [5, 5.41) is 4.24. The number of halogens is 1. The van der Waals surface area contributed by atoms with E-state index in [1.807, 2.05) is 36.4 Å². The first kappa shape index (κ1) is 15.0. The minimum atomic E-state index is -0.361. The van der Waals surface area contributed by atoms with E-state index in [1.54, 1.807) is 6.07 Å². The fourth-order valence-corrected chi connectivity index (χ4v) is 2.89. The van der Waals surface area contributed by atoms with E-state index in [-0.39, 0.29) is 23.8 Å². The molecule has 0 N–H and O–H groups in total. The Morgan fingerprint density at radius 1 is 1.00 bits per heavy atom. The monoisotopic (exact) mass is 327 g/mol. The van der Waals surface area contributed by atoms with E-state index in [9.17, 15) is 4.39 Å². The zero-order valence-electron chi connectivity index (χ0n) is 13.2. The molecule has 0 aromatic heterocycles. The van der Waals surface area contributed by atoms with Crippen molar-refractivity contribution in [1.82, 2.24) is 0 Å². The minimum absolute atomic E-state index is 0.0473. The van der Waals surface area contributed by atoms with Gasteiger partial charge >= 0.3 is 0 Å². The molecule has 24 heavy (non-hydrogen) atoms. The van der Waals surface area contributed by atoms with Gasteiger partial charge in [0.2, 0.25) is 0 Å². The fourth-order valence-electron chi connectivity index (χ4n) is 2.89. The van der Waals surface area contributed by atoms with Crippen molar-refractivity contribution in [2.24, 2.45) is 5.16 Å². The van der Waals surface area contributed by atoms with Crippen molar-refractivity contribution < 1.29 is 18.7 Å². The van der Waals surface area contributed by atoms with E-state index in [1.165, 1.54) is 6.07 Å². The van der Waals surface area contributed by atoms with Crippen LogP contribution in [-0.2, 0) is 4.84 Å². The zero-order chi connectivity index (χ0) is 16.4. The molecule has 0 unspecified atom stereocenters. The van der Waals surface area contributed by atoms with Crippen molar-refractivity contribution in [3.8, 4) is 11.5 Å². The van der Waals surface area contributed by atoms with Crippen LogP contribution >= 0.6 is 0 Å². The SMILES string of the molecule is Fc1cccc2c1OCC/C2=N/OC1CC(Oc2ccccc2)C1. The van der Waals surface area contributed by atoms with Gasteiger partial charge in [-0.3, -0.25) is 0 Å². The van der Waals surface area contributed by atoms with Gasteiger partial charge in [-0.15, -0.1) is 0 Å². The van der Waals surface area contributed by atoms with Crippen LogP contribution in [0.25, 0.3) is 0 Å². The molecule has 2 aliphatic rings. The van der Waals surface area contributed by atoms with Crippen LogP contribution in [0.5, 0.6) is 11.5 Å². The number of rotatable bonds is 4. The molecule has 0 radical (unpaired) electrons. The average Bonchev–Trinajstić information content (AvgIpc) is 2.58. The molecule has 1 aliphatic heterocycles. The molecule has 1 aliphatic carbocycles. The van der Waals surface area contributed by atoms with Crippen LogP contribution in [0.2, 0.25) is 0 Å². The first-order chi connectivity index (χ1) is 11.8. The number of para-hydroxylation sites is 2. The van der Waals surface area contributed by atoms with Gasteiger partial charge in [-0.2, -0.15) is 0 Å². The Kier molecular flexibility index (Phi) is 4.07. The van der Waals surface area contributed by atoms with Gasteiger partial charge in [0.05, 0.1) is 12.3 Å². The molecule has 0 spiro atoms. The molecule has 4 rings (SSSR count). The summed E-state index contributed by atoms with van der Waals surface area (Å²) in [4.78, 5) is 5.61. The Morgan fingerprint density at radius 2 is 1.83 bits per heavy atom. The highest BCUT2D eigenvalue weighted by Crippen LogP contribution is 2.31. The van der Waals surface area contributed by atoms with Gasteiger partial charge in [0.15, 0.2) is 11.6 Å². The van der Waals surface area contributed by atoms with Crippen LogP contribution in [0.3, 0.4) is 0 Å². The van der Waals surface area contributed by atoms with Crippen LogP contribution in [-0.4, -0.2) is 24.5 Å². The summed E-state index contributed by atoms with van der Waals surface area (Å²) < 4.78 is 25.0. The second-order valence-electron chi connectivity index (χ2n) is 6.00. The molecule has 0 saturated heterocycles. The maximum Gasteiger partial charge on any atom is 0.165 e. The van der Waals surface area contributed by atoms with Crippen molar-refractivity contribution in [2.75, 3.05) is 6.61 Å². The third-order valence-electron chi connectivity index (χ3n) is 4.27. The minimum Gasteiger partial charge on any atom is -0.490 e. The third-order valence-corrected chi connectivity index (χ3v) is 4.27. The number of hydrogen-bond donors (Lipinski definition) is 0. The van der Waals surface area contributed by atoms with Gasteiger partial charge in [-0.1, -0.05) is 29.4 Å². The van der Waals surface area contributed by atoms with E-state index in [0.717, 1.165) is 24.3 Å². The number of hydrogen-bond acceptors (Lipinski definition) is 4. The van der Waals surface area contributed by atoms with E-state index >= 15 is 0 Å². The fraction of sp³-hybridized carbons (Fsp3) is 0.316. The molecular formula is C19H18FNO3. The summed E-state index contributed by atoms with van der Waals surface area (Å²) in [6.45, 7) is 0.417. The number of oxime groups is 1. The summed E-state index contributed by atoms with van der Waals surface area (Å²) >= 11 is 0. The van der Waals surface area contributed by atoms with Gasteiger partial charge < -0.3 is 14.3 Å². The van der Waals surface area contributed by atoms with Gasteiger partial charge in [-0.05, 0) is 24.3 Å². The molecule has 0 amide bonds. The quantitative estimate of drug-likeness (QED) is 0.799. The van der Waals surface area contributed by atoms with Crippen molar-refractivity contribution in [2.45, 2.75) is 31.5 Å². The Labute approximate surface area is 139 Å². The van der Waals surface area contributed by atoms with Crippen molar-refractivity contribution in [3.05, 3.63) is 59.9 Å². The third kappa shape index (κ3) is 3.07. The molecule has 2 aromatic rings. The highest BCUT2D eigenvalue weighted by atomic mass is 19.1. The molecule has 0 bridgehead atoms. The molecule has 5 heteroatoms. The molecule has 1 heterocycles. The van der Waals surface area contributed by atoms with Gasteiger partial charge in [0, 0.05) is 24.8 Å². The first-order valence-electron chi connectivity index (χ1n) is 8.15. The molecule has 1 fully saturated rings. The van der Waals surface area contributed by atoms with Gasteiger partial charge in [0.1, 0.15) is 18.0 Å². The summed E-state index contributed by atoms with van der Waals surface area (Å²) in [5.41, 5.74) is 1.42. The summed E-state index contributed by atoms with van der Waals surface area (Å²) in [7, 11) is 0. The zero-order valence-corrected chi connectivity index (χ0v) is 13.2. The molecule has 1 saturated carbocycles. The normalized spacial score (nSPS) is 23.8. The predicted molar refractivity (Wildman–Crippen MR) is 88.0 cm³/mol. The lowest BCUT2D eigenvalue weighted by molar-refractivity contribution is -0.0595. The van der Waals surface area contributed by atoms with Crippen LogP contribution in [0.4, 0.5) is 4.39 Å². The second kappa shape index (κ2) is 6.51. The number of ether oxygens (including phenoxy) is 2. The molecule has 124 valence electrons. The maximum atomic E-state index is 13.7. The number of nitrogens with zero attached hydrogens (tertiary/aromatic N) is 1. The van der Waals surface area contributed by atoms with Crippen LogP contribution < -0.4 is 9.47 Å². The maximum absolute atomic E-state index is 13.7. The lowest BCUT2D eigenvalue weighted by Gasteiger charge is -2.33. The predicted octanol–water partition coefficient (Wildman–Crippen LogP) is 3.94. The van der Waals surface area contributed by atoms with E-state index in [2.05, 4.69) is 5.16 Å². The van der Waals surface area contributed by atoms with E-state index < -0.39 is 0 Å². The Morgan fingerprint density at radius 3 is 2.67 bits per heavy atom. The van der Waals surface area contributed by atoms with Crippen LogP contribution in [0.15, 0.2) is 53.7 Å². The summed E-state index contributed by atoms with van der Waals surface area (Å²) in [5.74, 6) is 0.783. The second-order valence-corrected chi connectivity index (χ2v) is 6.00. The van der Waals surface area contributed by atoms with Crippen LogP contribution in [0.1, 0.15) is 24.8 Å². The lowest BCUT2D eigenvalue weighted by Crippen LogP contribution is -2.38. The standard InChI is InChI=1S/C19H18FNO3/c20-17-8-4-7-16-18(9-10-22-19(16)17)21-24-15-11-14(12-15)23-13-5-2-1-3-6-13/h1-8,14-15H,9-12H2/b21-18-. The summed E-state index contributed by atoms with van der Waals surface area (Å²) in [6.07, 6.45) is 2.44. The highest BCUT2D eigenvalue weighted by Gasteiger charge is 2.33. The topological polar surface area (TPSA) is 40.0 Å². The Hall–Kier alpha value is -2.56. The number of benzene rings is 2. The molecule has 0 atom stereocenters. The van der Waals surface area contributed by atoms with E-state index in [0.29, 0.717) is 18.6 Å². The largest absolute Gasteiger partial charge is 0.490 e.